The van der Waals surface area contributed by atoms with Crippen LogP contribution in [0.3, 0.4) is 0 Å². The average molecular weight is 1410 g/mol. The van der Waals surface area contributed by atoms with Gasteiger partial charge in [0.1, 0.15) is 66.8 Å². The molecule has 12 atom stereocenters. The Hall–Kier alpha value is -3.47. The van der Waals surface area contributed by atoms with Crippen LogP contribution < -0.4 is 26.5 Å². The second kappa shape index (κ2) is 40.0. The maximum atomic E-state index is 14.9. The Bertz CT molecular complexity index is 3000. The third kappa shape index (κ3) is 23.8. The number of ether oxygens (including phenoxy) is 2. The zero-order chi connectivity index (χ0) is 69.3. The zero-order valence-electron chi connectivity index (χ0n) is 51.7. The second-order valence-corrected chi connectivity index (χ2v) is 30.8. The predicted molar refractivity (Wildman–Crippen MR) is 326 cm³/mol. The first-order valence-corrected chi connectivity index (χ1v) is 36.8. The van der Waals surface area contributed by atoms with Crippen molar-refractivity contribution < 1.29 is 114 Å². The van der Waals surface area contributed by atoms with Crippen molar-refractivity contribution in [3.8, 4) is 12.1 Å². The average Bonchev–Trinajstić information content (AvgIpc) is 1.29. The molecule has 0 aliphatic carbocycles. The van der Waals surface area contributed by atoms with Gasteiger partial charge in [-0.3, -0.25) is 4.52 Å². The van der Waals surface area contributed by atoms with Crippen molar-refractivity contribution in [2.24, 2.45) is 0 Å². The second-order valence-electron chi connectivity index (χ2n) is 20.0. The summed E-state index contributed by atoms with van der Waals surface area (Å²) in [5.74, 6) is 0.239. The molecule has 0 spiro atoms. The van der Waals surface area contributed by atoms with Crippen molar-refractivity contribution in [3.05, 3.63) is 48.3 Å². The maximum absolute atomic E-state index is 14.9. The Morgan fingerprint density at radius 1 is 0.711 bits per heavy atom. The SMILES string of the molecule is CCCCCCCC.CCCCCCCC.CCCCNP(NCCCC)(OO)(OOO)[P+](=O)[O-].N#C[C@]1(CO)O[C@@H](c2ccc3c(N)ncnn23)[C@H](F)[C@@H]1O.N#C[C@]1(COP(=O)(O)OP(=O)(O)OP(=O)(O)O)O[C@@H](c2ccc3c(N)ncnn23)[C@H](F)[C@@H]1O.[3H]P. The van der Waals surface area contributed by atoms with Crippen molar-refractivity contribution in [2.45, 2.75) is 192 Å². The van der Waals surface area contributed by atoms with Gasteiger partial charge in [0.05, 0.1) is 19.3 Å². The number of hydrogen-bond acceptors (Lipinski definition) is 28. The van der Waals surface area contributed by atoms with E-state index in [1.54, 1.807) is 22.0 Å². The molecule has 6 rings (SSSR count). The Morgan fingerprint density at radius 3 is 1.42 bits per heavy atom. The fourth-order valence-corrected chi connectivity index (χ4v) is 15.1. The van der Waals surface area contributed by atoms with Crippen LogP contribution in [-0.2, 0) is 55.3 Å². The van der Waals surface area contributed by atoms with Gasteiger partial charge in [0, 0.05) is 0 Å². The molecule has 6 heterocycles. The van der Waals surface area contributed by atoms with Crippen LogP contribution in [0.2, 0.25) is 0 Å². The first kappa shape index (κ1) is 82.6. The van der Waals surface area contributed by atoms with E-state index >= 15 is 0 Å². The summed E-state index contributed by atoms with van der Waals surface area (Å²) in [6.45, 7) is 11.0. The summed E-state index contributed by atoms with van der Waals surface area (Å²) in [7, 11) is -23.8. The Labute approximate surface area is 525 Å². The van der Waals surface area contributed by atoms with Crippen LogP contribution in [0.4, 0.5) is 20.4 Å². The topological polar surface area (TPSA) is 531 Å². The number of phosphoric ester groups is 1. The van der Waals surface area contributed by atoms with Crippen LogP contribution in [0.25, 0.3) is 11.0 Å². The summed E-state index contributed by atoms with van der Waals surface area (Å²) in [5, 5.41) is 81.7. The molecule has 2 aliphatic heterocycles. The molecule has 90 heavy (non-hydrogen) atoms. The predicted octanol–water partition coefficient (Wildman–Crippen LogP) is 7.72. The summed E-state index contributed by atoms with van der Waals surface area (Å²) in [5.41, 5.74) is 7.72. The fourth-order valence-electron chi connectivity index (χ4n) is 8.40. The number of phosphoric acid groups is 3. The number of nitrogens with two attached hydrogens (primary N) is 2. The van der Waals surface area contributed by atoms with Gasteiger partial charge in [0.15, 0.2) is 24.0 Å². The van der Waals surface area contributed by atoms with Crippen LogP contribution in [-0.4, -0.2) is 138 Å². The normalized spacial score (nSPS) is 23.3. The van der Waals surface area contributed by atoms with E-state index in [4.69, 9.17) is 52.7 Å². The molecule has 0 saturated carbocycles. The van der Waals surface area contributed by atoms with Gasteiger partial charge in [-0.1, -0.05) is 105 Å². The summed E-state index contributed by atoms with van der Waals surface area (Å²) in [4.78, 5) is 54.8. The van der Waals surface area contributed by atoms with Crippen LogP contribution in [0.15, 0.2) is 36.9 Å². The minimum Gasteiger partial charge on any atom is -0.392 e. The Morgan fingerprint density at radius 2 is 1.10 bits per heavy atom. The number of nitriles is 2. The number of halogens is 2. The largest absolute Gasteiger partial charge is 0.490 e. The van der Waals surface area contributed by atoms with Crippen molar-refractivity contribution in [1.82, 2.24) is 39.4 Å². The number of aromatic nitrogens is 6. The standard InChI is InChI=1S/C12H15FN5O12P3.C12H12FN5O3.C8H22N2O7P2.2C8H18.H3P/c13-8-9(6-1-2-7-11(15)16-5-17-18(6)7)28-12(3-14,10(8)19)4-27-32(23,24)30-33(25,26)29-31(20,21)22;13-8-9(21-12(3-14,4-19)10(8)20)6-1-2-7-11(15)16-5-17-18(6)7;1-3-5-7-9-19(16-12,17-15-11,18(13)14)10-8-6-4-2;2*1-3-5-7-8-6-4-2;/h1-2,5,8-10,19H,4H2,(H,23,24)(H,25,26)(H2,15,16,17)(H2,20,21,22);1-2,5,8-10,19-20H,4H2,(H2,15,16,17);9-12H,3-8H2,1-2H3;2*3-8H2,1-2H3;1H3/t2*8-,9-,10-,12+;;;;/m00..../s1/i;;;;;1T. The van der Waals surface area contributed by atoms with E-state index in [0.29, 0.717) is 18.4 Å². The van der Waals surface area contributed by atoms with Crippen LogP contribution in [0.5, 0.6) is 0 Å². The van der Waals surface area contributed by atoms with Crippen molar-refractivity contribution >= 4 is 70.7 Å². The van der Waals surface area contributed by atoms with E-state index in [-0.39, 0.29) is 41.6 Å². The van der Waals surface area contributed by atoms with Gasteiger partial charge in [-0.05, 0) is 24.3 Å². The molecule has 42 heteroatoms. The van der Waals surface area contributed by atoms with Gasteiger partial charge in [-0.15, -0.1) is 0 Å². The van der Waals surface area contributed by atoms with E-state index in [1.165, 1.54) is 112 Å². The van der Waals surface area contributed by atoms with Gasteiger partial charge < -0.3 is 55.8 Å². The van der Waals surface area contributed by atoms with Gasteiger partial charge in [0.2, 0.25) is 11.2 Å². The summed E-state index contributed by atoms with van der Waals surface area (Å²) < 4.78 is 113. The van der Waals surface area contributed by atoms with E-state index in [2.05, 4.69) is 85.6 Å². The fraction of sp³-hybridized carbons (Fsp3) is 0.708. The number of hydrogen-bond donors (Lipinski definition) is 13. The van der Waals surface area contributed by atoms with E-state index < -0.39 is 99.4 Å². The monoisotopic (exact) mass is 1410 g/mol. The third-order valence-corrected chi connectivity index (χ3v) is 22.9. The molecule has 4 unspecified atom stereocenters. The number of aliphatic hydroxyl groups is 3. The molecular weight excluding hydrogens is 1320 g/mol. The van der Waals surface area contributed by atoms with Gasteiger partial charge >= 0.3 is 135 Å². The van der Waals surface area contributed by atoms with Crippen molar-refractivity contribution in [2.75, 3.05) is 37.8 Å². The maximum Gasteiger partial charge on any atom is 0.490 e. The smallest absolute Gasteiger partial charge is 0.392 e. The first-order valence-electron chi connectivity index (χ1n) is 28.9. The van der Waals surface area contributed by atoms with E-state index in [1.807, 2.05) is 13.8 Å². The molecule has 0 aromatic carbocycles. The molecule has 4 aromatic heterocycles. The molecule has 2 saturated heterocycles. The van der Waals surface area contributed by atoms with Crippen LogP contribution in [0.1, 0.15) is 168 Å². The zero-order valence-corrected chi connectivity index (χ0v) is 56.3. The number of nitrogen functional groups attached to an aromatic ring is 2. The van der Waals surface area contributed by atoms with Crippen molar-refractivity contribution in [1.29, 1.82) is 11.8 Å². The molecule has 15 N–H and O–H groups in total. The number of nitrogens with one attached hydrogen (secondary N) is 2. The number of anilines is 2. The molecule has 4 aromatic rings. The number of alkyl halides is 2. The minimum absolute atomic E-state index is 0.0129. The Balaban J connectivity index is 0.000000620. The summed E-state index contributed by atoms with van der Waals surface area (Å²) in [6.07, 6.45) is 11.0. The number of nitrogens with zero attached hydrogens (tertiary/aromatic N) is 8. The van der Waals surface area contributed by atoms with E-state index in [9.17, 15) is 57.4 Å². The van der Waals surface area contributed by atoms with Crippen molar-refractivity contribution in [3.63, 3.8) is 0 Å². The third-order valence-electron chi connectivity index (χ3n) is 13.3. The molecular formula is C48H88F2N12O22P6. The molecule has 516 valence electrons. The van der Waals surface area contributed by atoms with Crippen LogP contribution >= 0.6 is 48.1 Å². The summed E-state index contributed by atoms with van der Waals surface area (Å²) >= 11 is 0. The van der Waals surface area contributed by atoms with Gasteiger partial charge in [-0.2, -0.15) is 39.2 Å². The van der Waals surface area contributed by atoms with E-state index in [0.717, 1.165) is 23.7 Å². The Kier molecular flexibility index (Phi) is 36.8. The molecule has 0 bridgehead atoms. The number of aliphatic hydroxyl groups excluding tert-OH is 3. The molecule has 0 radical (unpaired) electrons. The van der Waals surface area contributed by atoms with Gasteiger partial charge in [-0.25, -0.2) is 41.5 Å². The molecule has 2 aliphatic rings. The number of unbranched alkanes of at least 4 members (excludes halogenated alkanes) is 12. The minimum atomic E-state index is -5.83. The number of fused-ring (bicyclic) bond motifs is 2. The molecule has 34 nitrogen and oxygen atoms in total. The molecule has 0 amide bonds. The number of rotatable bonds is 32. The van der Waals surface area contributed by atoms with Crippen LogP contribution in [0, 0.1) is 22.7 Å². The first-order chi connectivity index (χ1) is 43.0. The molecule has 2 fully saturated rings. The quantitative estimate of drug-likeness (QED) is 0.00962. The summed E-state index contributed by atoms with van der Waals surface area (Å²) in [6, 6.07) is 8.87. The van der Waals surface area contributed by atoms with Gasteiger partial charge in [0.25, 0.3) is 0 Å².